The topological polar surface area (TPSA) is 48.9 Å². The number of aromatic amines is 1. The number of fused-ring (bicyclic) bond motifs is 1. The molecule has 1 aromatic heterocycles. The Kier molecular flexibility index (Phi) is 3.28. The highest BCUT2D eigenvalue weighted by Crippen LogP contribution is 2.20. The van der Waals surface area contributed by atoms with Gasteiger partial charge in [0.1, 0.15) is 0 Å². The smallest absolute Gasteiger partial charge is 0.166 e. The molecule has 80 valence electrons. The van der Waals surface area contributed by atoms with Gasteiger partial charge in [-0.15, -0.1) is 0 Å². The number of nitrogens with zero attached hydrogens (tertiary/aromatic N) is 1. The van der Waals surface area contributed by atoms with Gasteiger partial charge < -0.3 is 10.1 Å². The number of benzene rings is 1. The highest BCUT2D eigenvalue weighted by molar-refractivity contribution is 7.99. The van der Waals surface area contributed by atoms with E-state index in [4.69, 9.17) is 5.11 Å². The van der Waals surface area contributed by atoms with Crippen LogP contribution in [-0.2, 0) is 0 Å². The largest absolute Gasteiger partial charge is 0.396 e. The molecule has 1 heterocycles. The second-order valence-corrected chi connectivity index (χ2v) is 4.57. The van der Waals surface area contributed by atoms with Crippen LogP contribution in [0.15, 0.2) is 23.4 Å². The number of nitrogens with one attached hydrogen (secondary N) is 1. The summed E-state index contributed by atoms with van der Waals surface area (Å²) in [7, 11) is 0. The summed E-state index contributed by atoms with van der Waals surface area (Å²) in [5, 5.41) is 9.61. The van der Waals surface area contributed by atoms with E-state index in [2.05, 4.69) is 29.0 Å². The Morgan fingerprint density at radius 2 is 2.33 bits per heavy atom. The molecule has 3 nitrogen and oxygen atoms in total. The number of aliphatic hydroxyl groups is 1. The number of aryl methyl sites for hydroxylation is 1. The molecule has 0 atom stereocenters. The van der Waals surface area contributed by atoms with Crippen molar-refractivity contribution in [2.24, 2.45) is 0 Å². The lowest BCUT2D eigenvalue weighted by Crippen LogP contribution is -1.85. The van der Waals surface area contributed by atoms with Crippen molar-refractivity contribution >= 4 is 22.8 Å². The summed E-state index contributed by atoms with van der Waals surface area (Å²) in [6.45, 7) is 2.31. The molecule has 0 unspecified atom stereocenters. The minimum atomic E-state index is 0.242. The zero-order valence-corrected chi connectivity index (χ0v) is 9.47. The van der Waals surface area contributed by atoms with Gasteiger partial charge in [-0.3, -0.25) is 0 Å². The van der Waals surface area contributed by atoms with Crippen LogP contribution in [0.5, 0.6) is 0 Å². The molecule has 0 aliphatic heterocycles. The molecule has 4 heteroatoms. The first kappa shape index (κ1) is 10.5. The SMILES string of the molecule is Cc1ccc2nc(SCCCO)[nH]c2c1. The monoisotopic (exact) mass is 222 g/mol. The van der Waals surface area contributed by atoms with Crippen LogP contribution in [0.3, 0.4) is 0 Å². The summed E-state index contributed by atoms with van der Waals surface area (Å²) in [5.74, 6) is 0.898. The third-order valence-electron chi connectivity index (χ3n) is 2.16. The van der Waals surface area contributed by atoms with Gasteiger partial charge in [0, 0.05) is 12.4 Å². The molecule has 0 saturated carbocycles. The number of thioether (sulfide) groups is 1. The molecule has 2 aromatic rings. The highest BCUT2D eigenvalue weighted by atomic mass is 32.2. The predicted octanol–water partition coefficient (Wildman–Crippen LogP) is 2.35. The van der Waals surface area contributed by atoms with E-state index in [0.29, 0.717) is 0 Å². The van der Waals surface area contributed by atoms with Crippen LogP contribution in [0, 0.1) is 6.92 Å². The van der Waals surface area contributed by atoms with Gasteiger partial charge in [-0.2, -0.15) is 0 Å². The van der Waals surface area contributed by atoms with Crippen LogP contribution in [0.1, 0.15) is 12.0 Å². The standard InChI is InChI=1S/C11H14N2OS/c1-8-3-4-9-10(7-8)13-11(12-9)15-6-2-5-14/h3-4,7,14H,2,5-6H2,1H3,(H,12,13). The number of hydrogen-bond acceptors (Lipinski definition) is 3. The zero-order chi connectivity index (χ0) is 10.7. The van der Waals surface area contributed by atoms with Gasteiger partial charge in [-0.25, -0.2) is 4.98 Å². The van der Waals surface area contributed by atoms with E-state index < -0.39 is 0 Å². The second kappa shape index (κ2) is 4.68. The van der Waals surface area contributed by atoms with E-state index in [9.17, 15) is 0 Å². The van der Waals surface area contributed by atoms with Crippen molar-refractivity contribution < 1.29 is 5.11 Å². The van der Waals surface area contributed by atoms with E-state index in [1.54, 1.807) is 11.8 Å². The Morgan fingerprint density at radius 1 is 1.47 bits per heavy atom. The van der Waals surface area contributed by atoms with E-state index in [1.165, 1.54) is 5.56 Å². The molecule has 0 bridgehead atoms. The van der Waals surface area contributed by atoms with Gasteiger partial charge in [0.15, 0.2) is 5.16 Å². The van der Waals surface area contributed by atoms with E-state index in [-0.39, 0.29) is 6.61 Å². The summed E-state index contributed by atoms with van der Waals surface area (Å²) in [5.41, 5.74) is 3.33. The average molecular weight is 222 g/mol. The molecule has 1 aromatic carbocycles. The molecule has 0 spiro atoms. The van der Waals surface area contributed by atoms with Gasteiger partial charge in [0.05, 0.1) is 11.0 Å². The van der Waals surface area contributed by atoms with Crippen LogP contribution in [0.25, 0.3) is 11.0 Å². The number of imidazole rings is 1. The molecule has 2 N–H and O–H groups in total. The van der Waals surface area contributed by atoms with Gasteiger partial charge in [-0.1, -0.05) is 17.8 Å². The van der Waals surface area contributed by atoms with Crippen molar-refractivity contribution in [1.29, 1.82) is 0 Å². The minimum absolute atomic E-state index is 0.242. The van der Waals surface area contributed by atoms with Crippen molar-refractivity contribution in [3.63, 3.8) is 0 Å². The van der Waals surface area contributed by atoms with Gasteiger partial charge in [-0.05, 0) is 31.0 Å². The Labute approximate surface area is 92.9 Å². The maximum atomic E-state index is 8.68. The number of hydrogen-bond donors (Lipinski definition) is 2. The van der Waals surface area contributed by atoms with Crippen LogP contribution in [0.4, 0.5) is 0 Å². The van der Waals surface area contributed by atoms with Gasteiger partial charge >= 0.3 is 0 Å². The fourth-order valence-corrected chi connectivity index (χ4v) is 2.21. The van der Waals surface area contributed by atoms with Gasteiger partial charge in [0.2, 0.25) is 0 Å². The lowest BCUT2D eigenvalue weighted by molar-refractivity contribution is 0.296. The first-order valence-electron chi connectivity index (χ1n) is 4.99. The average Bonchev–Trinajstić information content (AvgIpc) is 2.60. The molecule has 0 fully saturated rings. The molecular weight excluding hydrogens is 208 g/mol. The molecular formula is C11H14N2OS. The fourth-order valence-electron chi connectivity index (χ4n) is 1.40. The third-order valence-corrected chi connectivity index (χ3v) is 3.12. The van der Waals surface area contributed by atoms with Crippen molar-refractivity contribution in [2.75, 3.05) is 12.4 Å². The van der Waals surface area contributed by atoms with Crippen LogP contribution in [-0.4, -0.2) is 27.4 Å². The second-order valence-electron chi connectivity index (χ2n) is 3.49. The van der Waals surface area contributed by atoms with Crippen molar-refractivity contribution in [2.45, 2.75) is 18.5 Å². The molecule has 0 radical (unpaired) electrons. The summed E-state index contributed by atoms with van der Waals surface area (Å²) < 4.78 is 0. The third kappa shape index (κ3) is 2.52. The quantitative estimate of drug-likeness (QED) is 0.616. The summed E-state index contributed by atoms with van der Waals surface area (Å²) in [4.78, 5) is 7.72. The Morgan fingerprint density at radius 3 is 3.13 bits per heavy atom. The number of aromatic nitrogens is 2. The molecule has 0 aliphatic rings. The first-order chi connectivity index (χ1) is 7.29. The lowest BCUT2D eigenvalue weighted by atomic mass is 10.2. The van der Waals surface area contributed by atoms with Crippen molar-refractivity contribution in [1.82, 2.24) is 9.97 Å². The summed E-state index contributed by atoms with van der Waals surface area (Å²) >= 11 is 1.65. The van der Waals surface area contributed by atoms with Crippen molar-refractivity contribution in [3.8, 4) is 0 Å². The maximum Gasteiger partial charge on any atom is 0.166 e. The number of rotatable bonds is 4. The van der Waals surface area contributed by atoms with E-state index in [0.717, 1.165) is 28.4 Å². The Balaban J connectivity index is 2.16. The fraction of sp³-hybridized carbons (Fsp3) is 0.364. The highest BCUT2D eigenvalue weighted by Gasteiger charge is 2.02. The minimum Gasteiger partial charge on any atom is -0.396 e. The number of H-pyrrole nitrogens is 1. The molecule has 2 rings (SSSR count). The Hall–Kier alpha value is -1.00. The Bertz CT molecular complexity index is 453. The first-order valence-corrected chi connectivity index (χ1v) is 5.98. The summed E-state index contributed by atoms with van der Waals surface area (Å²) in [6, 6.07) is 6.18. The molecule has 0 amide bonds. The van der Waals surface area contributed by atoms with Crippen molar-refractivity contribution in [3.05, 3.63) is 23.8 Å². The van der Waals surface area contributed by atoms with Gasteiger partial charge in [0.25, 0.3) is 0 Å². The van der Waals surface area contributed by atoms with E-state index in [1.807, 2.05) is 6.07 Å². The van der Waals surface area contributed by atoms with Crippen LogP contribution in [0.2, 0.25) is 0 Å². The lowest BCUT2D eigenvalue weighted by Gasteiger charge is -1.93. The summed E-state index contributed by atoms with van der Waals surface area (Å²) in [6.07, 6.45) is 0.806. The molecule has 0 aliphatic carbocycles. The zero-order valence-electron chi connectivity index (χ0n) is 8.66. The predicted molar refractivity (Wildman–Crippen MR) is 63.3 cm³/mol. The number of aliphatic hydroxyl groups excluding tert-OH is 1. The van der Waals surface area contributed by atoms with Crippen LogP contribution < -0.4 is 0 Å². The maximum absolute atomic E-state index is 8.68. The molecule has 15 heavy (non-hydrogen) atoms. The molecule has 0 saturated heterocycles. The van der Waals surface area contributed by atoms with Crippen LogP contribution >= 0.6 is 11.8 Å². The van der Waals surface area contributed by atoms with E-state index >= 15 is 0 Å². The normalized spacial score (nSPS) is 11.1.